The summed E-state index contributed by atoms with van der Waals surface area (Å²) >= 11 is 0. The molecule has 130 valence electrons. The number of amides is 2. The average molecular weight is 347 g/mol. The first-order valence-corrected chi connectivity index (χ1v) is 8.33. The normalized spacial score (nSPS) is 14.1. The van der Waals surface area contributed by atoms with Crippen LogP contribution in [0.4, 0.5) is 5.69 Å². The van der Waals surface area contributed by atoms with Crippen molar-refractivity contribution in [2.45, 2.75) is 13.0 Å². The Labute approximate surface area is 150 Å². The summed E-state index contributed by atoms with van der Waals surface area (Å²) in [7, 11) is 0. The Morgan fingerprint density at radius 2 is 2.04 bits per heavy atom. The van der Waals surface area contributed by atoms with Crippen LogP contribution in [0.1, 0.15) is 29.0 Å². The number of hydrogen-bond acceptors (Lipinski definition) is 4. The molecule has 0 saturated carbocycles. The van der Waals surface area contributed by atoms with E-state index in [1.807, 2.05) is 49.4 Å². The molecule has 3 aromatic rings. The topological polar surface area (TPSA) is 80.3 Å². The lowest BCUT2D eigenvalue weighted by Gasteiger charge is -2.21. The summed E-state index contributed by atoms with van der Waals surface area (Å²) in [6, 6.07) is 16.5. The Balaban J connectivity index is 1.53. The molecule has 4 rings (SSSR count). The van der Waals surface area contributed by atoms with Gasteiger partial charge in [0.1, 0.15) is 11.4 Å². The fourth-order valence-electron chi connectivity index (χ4n) is 2.92. The lowest BCUT2D eigenvalue weighted by Crippen LogP contribution is -2.28. The van der Waals surface area contributed by atoms with E-state index in [2.05, 4.69) is 15.6 Å². The minimum Gasteiger partial charge on any atom is -0.482 e. The molecule has 2 aromatic carbocycles. The Morgan fingerprint density at radius 1 is 1.19 bits per heavy atom. The maximum atomic E-state index is 12.5. The van der Waals surface area contributed by atoms with E-state index >= 15 is 0 Å². The standard InChI is InChI=1S/C20H17N3O3/c1-12(14-7-9-18-17(10-14)23-19(24)11-26-18)21-20(25)16-8-6-13-4-2-3-5-15(13)22-16/h2-10,12H,11H2,1H3,(H,21,25)(H,23,24)/t12-/m0/s1. The molecule has 2 heterocycles. The zero-order valence-electron chi connectivity index (χ0n) is 14.2. The number of aromatic nitrogens is 1. The van der Waals surface area contributed by atoms with Gasteiger partial charge >= 0.3 is 0 Å². The maximum Gasteiger partial charge on any atom is 0.270 e. The summed E-state index contributed by atoms with van der Waals surface area (Å²) in [6.07, 6.45) is 0. The minimum atomic E-state index is -0.250. The fourth-order valence-corrected chi connectivity index (χ4v) is 2.92. The van der Waals surface area contributed by atoms with E-state index in [4.69, 9.17) is 4.74 Å². The molecular formula is C20H17N3O3. The largest absolute Gasteiger partial charge is 0.482 e. The van der Waals surface area contributed by atoms with Crippen LogP contribution in [0.15, 0.2) is 54.6 Å². The molecule has 0 aliphatic carbocycles. The molecular weight excluding hydrogens is 330 g/mol. The van der Waals surface area contributed by atoms with E-state index in [1.54, 1.807) is 12.1 Å². The van der Waals surface area contributed by atoms with E-state index in [0.29, 0.717) is 17.1 Å². The molecule has 6 heteroatoms. The number of carbonyl (C=O) groups excluding carboxylic acids is 2. The van der Waals surface area contributed by atoms with Gasteiger partial charge in [0.15, 0.2) is 6.61 Å². The predicted molar refractivity (Wildman–Crippen MR) is 98.2 cm³/mol. The molecule has 0 saturated heterocycles. The second-order valence-corrected chi connectivity index (χ2v) is 6.18. The summed E-state index contributed by atoms with van der Waals surface area (Å²) < 4.78 is 5.35. The summed E-state index contributed by atoms with van der Waals surface area (Å²) in [6.45, 7) is 1.90. The van der Waals surface area contributed by atoms with Crippen LogP contribution in [0.2, 0.25) is 0 Å². The first-order valence-electron chi connectivity index (χ1n) is 8.33. The van der Waals surface area contributed by atoms with Crippen LogP contribution in [0.25, 0.3) is 10.9 Å². The van der Waals surface area contributed by atoms with E-state index < -0.39 is 0 Å². The third kappa shape index (κ3) is 3.09. The third-order valence-corrected chi connectivity index (χ3v) is 4.32. The highest BCUT2D eigenvalue weighted by molar-refractivity contribution is 5.96. The quantitative estimate of drug-likeness (QED) is 0.763. The van der Waals surface area contributed by atoms with Gasteiger partial charge in [-0.05, 0) is 36.8 Å². The van der Waals surface area contributed by atoms with Gasteiger partial charge in [0.05, 0.1) is 17.2 Å². The number of pyridine rings is 1. The highest BCUT2D eigenvalue weighted by atomic mass is 16.5. The first-order chi connectivity index (χ1) is 12.6. The van der Waals surface area contributed by atoms with Crippen LogP contribution >= 0.6 is 0 Å². The van der Waals surface area contributed by atoms with Crippen molar-refractivity contribution in [3.8, 4) is 5.75 Å². The third-order valence-electron chi connectivity index (χ3n) is 4.32. The molecule has 1 aliphatic heterocycles. The number of anilines is 1. The van der Waals surface area contributed by atoms with Crippen LogP contribution in [0.5, 0.6) is 5.75 Å². The SMILES string of the molecule is C[C@H](NC(=O)c1ccc2ccccc2n1)c1ccc2c(c1)NC(=O)CO2. The van der Waals surface area contributed by atoms with Crippen molar-refractivity contribution in [1.82, 2.24) is 10.3 Å². The van der Waals surface area contributed by atoms with Crippen LogP contribution < -0.4 is 15.4 Å². The van der Waals surface area contributed by atoms with Crippen molar-refractivity contribution in [1.29, 1.82) is 0 Å². The van der Waals surface area contributed by atoms with Crippen molar-refractivity contribution >= 4 is 28.4 Å². The summed E-state index contributed by atoms with van der Waals surface area (Å²) in [5.74, 6) is 0.191. The first kappa shape index (κ1) is 16.1. The minimum absolute atomic E-state index is 0.0201. The molecule has 0 spiro atoms. The molecule has 2 amide bonds. The molecule has 1 aromatic heterocycles. The molecule has 0 radical (unpaired) electrons. The van der Waals surface area contributed by atoms with Crippen molar-refractivity contribution in [3.63, 3.8) is 0 Å². The molecule has 1 atom stereocenters. The van der Waals surface area contributed by atoms with Crippen LogP contribution in [-0.4, -0.2) is 23.4 Å². The molecule has 26 heavy (non-hydrogen) atoms. The summed E-state index contributed by atoms with van der Waals surface area (Å²) in [5.41, 5.74) is 2.62. The van der Waals surface area contributed by atoms with Crippen molar-refractivity contribution < 1.29 is 14.3 Å². The van der Waals surface area contributed by atoms with Crippen LogP contribution in [-0.2, 0) is 4.79 Å². The van der Waals surface area contributed by atoms with E-state index in [9.17, 15) is 9.59 Å². The summed E-state index contributed by atoms with van der Waals surface area (Å²) in [4.78, 5) is 28.4. The van der Waals surface area contributed by atoms with Crippen LogP contribution in [0, 0.1) is 0 Å². The smallest absolute Gasteiger partial charge is 0.270 e. The number of para-hydroxylation sites is 1. The average Bonchev–Trinajstić information content (AvgIpc) is 2.66. The second-order valence-electron chi connectivity index (χ2n) is 6.18. The molecule has 1 aliphatic rings. The molecule has 0 bridgehead atoms. The highest BCUT2D eigenvalue weighted by Gasteiger charge is 2.19. The van der Waals surface area contributed by atoms with E-state index in [-0.39, 0.29) is 24.5 Å². The zero-order valence-corrected chi connectivity index (χ0v) is 14.2. The number of fused-ring (bicyclic) bond motifs is 2. The van der Waals surface area contributed by atoms with Gasteiger partial charge in [-0.15, -0.1) is 0 Å². The molecule has 0 fully saturated rings. The number of ether oxygens (including phenoxy) is 1. The van der Waals surface area contributed by atoms with Gasteiger partial charge in [0, 0.05) is 5.39 Å². The molecule has 6 nitrogen and oxygen atoms in total. The molecule has 2 N–H and O–H groups in total. The van der Waals surface area contributed by atoms with Crippen molar-refractivity contribution in [3.05, 3.63) is 65.9 Å². The number of benzene rings is 2. The Kier molecular flexibility index (Phi) is 4.01. The number of nitrogens with zero attached hydrogens (tertiary/aromatic N) is 1. The van der Waals surface area contributed by atoms with Gasteiger partial charge in [-0.2, -0.15) is 0 Å². The van der Waals surface area contributed by atoms with Crippen LogP contribution in [0.3, 0.4) is 0 Å². The monoisotopic (exact) mass is 347 g/mol. The Bertz CT molecular complexity index is 1020. The van der Waals surface area contributed by atoms with Gasteiger partial charge in [-0.25, -0.2) is 4.98 Å². The number of rotatable bonds is 3. The Hall–Kier alpha value is -3.41. The van der Waals surface area contributed by atoms with Gasteiger partial charge in [0.25, 0.3) is 11.8 Å². The zero-order chi connectivity index (χ0) is 18.1. The van der Waals surface area contributed by atoms with E-state index in [0.717, 1.165) is 16.5 Å². The number of hydrogen-bond donors (Lipinski definition) is 2. The Morgan fingerprint density at radius 3 is 2.92 bits per heavy atom. The predicted octanol–water partition coefficient (Wildman–Crippen LogP) is 3.06. The molecule has 0 unspecified atom stereocenters. The lowest BCUT2D eigenvalue weighted by atomic mass is 10.1. The van der Waals surface area contributed by atoms with Gasteiger partial charge in [-0.1, -0.05) is 30.3 Å². The van der Waals surface area contributed by atoms with E-state index in [1.165, 1.54) is 0 Å². The highest BCUT2D eigenvalue weighted by Crippen LogP contribution is 2.30. The van der Waals surface area contributed by atoms with Gasteiger partial charge < -0.3 is 15.4 Å². The lowest BCUT2D eigenvalue weighted by molar-refractivity contribution is -0.118. The van der Waals surface area contributed by atoms with Crippen molar-refractivity contribution in [2.75, 3.05) is 11.9 Å². The van der Waals surface area contributed by atoms with Gasteiger partial charge in [-0.3, -0.25) is 9.59 Å². The summed E-state index contributed by atoms with van der Waals surface area (Å²) in [5, 5.41) is 6.70. The van der Waals surface area contributed by atoms with Crippen molar-refractivity contribution in [2.24, 2.45) is 0 Å². The maximum absolute atomic E-state index is 12.5. The number of carbonyl (C=O) groups is 2. The fraction of sp³-hybridized carbons (Fsp3) is 0.150. The number of nitrogens with one attached hydrogen (secondary N) is 2. The second kappa shape index (κ2) is 6.48. The van der Waals surface area contributed by atoms with Gasteiger partial charge in [0.2, 0.25) is 0 Å².